The van der Waals surface area contributed by atoms with Gasteiger partial charge in [0.1, 0.15) is 11.5 Å². The molecule has 2 aromatic rings. The fraction of sp³-hybridized carbons (Fsp3) is 0.357. The molecule has 0 spiro atoms. The quantitative estimate of drug-likeness (QED) is 0.913. The van der Waals surface area contributed by atoms with Crippen molar-refractivity contribution in [1.82, 2.24) is 4.98 Å². The Labute approximate surface area is 117 Å². The Morgan fingerprint density at radius 1 is 1.32 bits per heavy atom. The Hall–Kier alpha value is -1.59. The first-order chi connectivity index (χ1) is 9.13. The van der Waals surface area contributed by atoms with E-state index in [-0.39, 0.29) is 6.04 Å². The molecule has 2 rings (SSSR count). The Kier molecular flexibility index (Phi) is 4.39. The fourth-order valence-electron chi connectivity index (χ4n) is 1.92. The maximum absolute atomic E-state index is 6.27. The van der Waals surface area contributed by atoms with Gasteiger partial charge in [0.05, 0.1) is 19.2 Å². The lowest BCUT2D eigenvalue weighted by Crippen LogP contribution is -2.14. The normalized spacial score (nSPS) is 12.2. The van der Waals surface area contributed by atoms with E-state index in [4.69, 9.17) is 15.2 Å². The van der Waals surface area contributed by atoms with Crippen LogP contribution in [-0.4, -0.2) is 19.2 Å². The predicted octanol–water partition coefficient (Wildman–Crippen LogP) is 2.71. The fourth-order valence-corrected chi connectivity index (χ4v) is 2.77. The van der Waals surface area contributed by atoms with E-state index in [9.17, 15) is 0 Å². The Morgan fingerprint density at radius 3 is 2.68 bits per heavy atom. The van der Waals surface area contributed by atoms with Crippen molar-refractivity contribution in [3.8, 4) is 11.5 Å². The lowest BCUT2D eigenvalue weighted by atomic mass is 10.0. The van der Waals surface area contributed by atoms with Crippen molar-refractivity contribution in [2.45, 2.75) is 19.4 Å². The molecule has 0 saturated heterocycles. The standard InChI is InChI=1S/C14H18N2O2S/c1-9-8-16-14(19-9)7-12(15)11-6-10(17-2)4-5-13(11)18-3/h4-6,8,12H,7,15H2,1-3H3. The van der Waals surface area contributed by atoms with Crippen molar-refractivity contribution in [3.63, 3.8) is 0 Å². The molecule has 1 heterocycles. The maximum atomic E-state index is 6.27. The highest BCUT2D eigenvalue weighted by Gasteiger charge is 2.15. The highest BCUT2D eigenvalue weighted by molar-refractivity contribution is 7.11. The molecule has 19 heavy (non-hydrogen) atoms. The van der Waals surface area contributed by atoms with E-state index in [0.29, 0.717) is 6.42 Å². The summed E-state index contributed by atoms with van der Waals surface area (Å²) in [4.78, 5) is 5.54. The molecule has 0 amide bonds. The van der Waals surface area contributed by atoms with Gasteiger partial charge in [0.15, 0.2) is 0 Å². The average molecular weight is 278 g/mol. The van der Waals surface area contributed by atoms with Crippen LogP contribution in [0.4, 0.5) is 0 Å². The highest BCUT2D eigenvalue weighted by Crippen LogP contribution is 2.30. The number of aromatic nitrogens is 1. The van der Waals surface area contributed by atoms with Gasteiger partial charge < -0.3 is 15.2 Å². The molecule has 5 heteroatoms. The van der Waals surface area contributed by atoms with Crippen LogP contribution in [0.3, 0.4) is 0 Å². The lowest BCUT2D eigenvalue weighted by Gasteiger charge is -2.15. The van der Waals surface area contributed by atoms with Crippen LogP contribution >= 0.6 is 11.3 Å². The summed E-state index contributed by atoms with van der Waals surface area (Å²) in [5, 5.41) is 1.04. The van der Waals surface area contributed by atoms with Crippen molar-refractivity contribution in [2.24, 2.45) is 5.73 Å². The van der Waals surface area contributed by atoms with Crippen LogP contribution in [0.1, 0.15) is 21.5 Å². The minimum Gasteiger partial charge on any atom is -0.497 e. The van der Waals surface area contributed by atoms with Crippen LogP contribution in [0.15, 0.2) is 24.4 Å². The number of nitrogens with two attached hydrogens (primary N) is 1. The second-order valence-electron chi connectivity index (χ2n) is 4.28. The summed E-state index contributed by atoms with van der Waals surface area (Å²) in [6, 6.07) is 5.50. The SMILES string of the molecule is COc1ccc(OC)c(C(N)Cc2ncc(C)s2)c1. The third kappa shape index (κ3) is 3.24. The number of aryl methyl sites for hydroxylation is 1. The van der Waals surface area contributed by atoms with E-state index < -0.39 is 0 Å². The van der Waals surface area contributed by atoms with Gasteiger partial charge >= 0.3 is 0 Å². The molecule has 102 valence electrons. The molecule has 0 aliphatic rings. The predicted molar refractivity (Wildman–Crippen MR) is 77.0 cm³/mol. The van der Waals surface area contributed by atoms with Gasteiger partial charge in [0.2, 0.25) is 0 Å². The average Bonchev–Trinajstić information content (AvgIpc) is 2.83. The summed E-state index contributed by atoms with van der Waals surface area (Å²) in [7, 11) is 3.28. The minimum atomic E-state index is -0.157. The van der Waals surface area contributed by atoms with Crippen molar-refractivity contribution in [2.75, 3.05) is 14.2 Å². The molecule has 0 radical (unpaired) electrons. The number of benzene rings is 1. The summed E-state index contributed by atoms with van der Waals surface area (Å²) in [5.74, 6) is 1.56. The monoisotopic (exact) mass is 278 g/mol. The topological polar surface area (TPSA) is 57.4 Å². The Bertz CT molecular complexity index is 554. The molecule has 1 unspecified atom stereocenters. The van der Waals surface area contributed by atoms with Crippen LogP contribution in [0.5, 0.6) is 11.5 Å². The van der Waals surface area contributed by atoms with Crippen LogP contribution < -0.4 is 15.2 Å². The number of thiazole rings is 1. The molecule has 1 aromatic carbocycles. The van der Waals surface area contributed by atoms with E-state index in [0.717, 1.165) is 22.1 Å². The minimum absolute atomic E-state index is 0.157. The maximum Gasteiger partial charge on any atom is 0.123 e. The van der Waals surface area contributed by atoms with Crippen molar-refractivity contribution in [3.05, 3.63) is 39.8 Å². The first-order valence-electron chi connectivity index (χ1n) is 6.03. The summed E-state index contributed by atoms with van der Waals surface area (Å²) in [6.07, 6.45) is 2.57. The van der Waals surface area contributed by atoms with Gasteiger partial charge in [-0.3, -0.25) is 0 Å². The Balaban J connectivity index is 2.23. The van der Waals surface area contributed by atoms with Gasteiger partial charge in [-0.15, -0.1) is 11.3 Å². The molecule has 4 nitrogen and oxygen atoms in total. The molecule has 1 aromatic heterocycles. The summed E-state index contributed by atoms with van der Waals surface area (Å²) in [6.45, 7) is 2.04. The third-order valence-corrected chi connectivity index (χ3v) is 3.84. The highest BCUT2D eigenvalue weighted by atomic mass is 32.1. The van der Waals surface area contributed by atoms with Gasteiger partial charge in [-0.25, -0.2) is 4.98 Å². The van der Waals surface area contributed by atoms with Crippen LogP contribution in [0, 0.1) is 6.92 Å². The van der Waals surface area contributed by atoms with E-state index in [1.807, 2.05) is 31.3 Å². The number of ether oxygens (including phenoxy) is 2. The summed E-state index contributed by atoms with van der Waals surface area (Å²) >= 11 is 1.67. The molecule has 0 aliphatic heterocycles. The molecule has 0 bridgehead atoms. The first-order valence-corrected chi connectivity index (χ1v) is 6.84. The summed E-state index contributed by atoms with van der Waals surface area (Å²) < 4.78 is 10.6. The number of methoxy groups -OCH3 is 2. The number of hydrogen-bond acceptors (Lipinski definition) is 5. The van der Waals surface area contributed by atoms with Gasteiger partial charge in [0, 0.05) is 29.1 Å². The zero-order valence-electron chi connectivity index (χ0n) is 11.3. The molecular formula is C14H18N2O2S. The largest absolute Gasteiger partial charge is 0.497 e. The van der Waals surface area contributed by atoms with Crippen LogP contribution in [0.2, 0.25) is 0 Å². The van der Waals surface area contributed by atoms with Gasteiger partial charge in [-0.1, -0.05) is 0 Å². The molecule has 0 fully saturated rings. The van der Waals surface area contributed by atoms with Crippen LogP contribution in [0.25, 0.3) is 0 Å². The van der Waals surface area contributed by atoms with Gasteiger partial charge in [0.25, 0.3) is 0 Å². The summed E-state index contributed by atoms with van der Waals surface area (Å²) in [5.41, 5.74) is 7.21. The van der Waals surface area contributed by atoms with Crippen LogP contribution in [-0.2, 0) is 6.42 Å². The Morgan fingerprint density at radius 2 is 2.11 bits per heavy atom. The van der Waals surface area contributed by atoms with Crippen molar-refractivity contribution in [1.29, 1.82) is 0 Å². The number of hydrogen-bond donors (Lipinski definition) is 1. The van der Waals surface area contributed by atoms with Gasteiger partial charge in [-0.2, -0.15) is 0 Å². The third-order valence-electron chi connectivity index (χ3n) is 2.90. The second kappa shape index (κ2) is 6.04. The lowest BCUT2D eigenvalue weighted by molar-refractivity contribution is 0.395. The van der Waals surface area contributed by atoms with E-state index in [1.165, 1.54) is 4.88 Å². The van der Waals surface area contributed by atoms with E-state index in [1.54, 1.807) is 25.6 Å². The molecule has 0 aliphatic carbocycles. The zero-order chi connectivity index (χ0) is 13.8. The van der Waals surface area contributed by atoms with E-state index >= 15 is 0 Å². The smallest absolute Gasteiger partial charge is 0.123 e. The molecular weight excluding hydrogens is 260 g/mol. The number of nitrogens with zero attached hydrogens (tertiary/aromatic N) is 1. The van der Waals surface area contributed by atoms with Crippen molar-refractivity contribution < 1.29 is 9.47 Å². The van der Waals surface area contributed by atoms with Crippen molar-refractivity contribution >= 4 is 11.3 Å². The van der Waals surface area contributed by atoms with Gasteiger partial charge in [-0.05, 0) is 25.1 Å². The van der Waals surface area contributed by atoms with E-state index in [2.05, 4.69) is 4.98 Å². The zero-order valence-corrected chi connectivity index (χ0v) is 12.2. The molecule has 1 atom stereocenters. The number of rotatable bonds is 5. The molecule has 2 N–H and O–H groups in total. The molecule has 0 saturated carbocycles. The first kappa shape index (κ1) is 13.8. The second-order valence-corrected chi connectivity index (χ2v) is 5.60.